The molecule has 3 heterocycles. The first-order valence-corrected chi connectivity index (χ1v) is 16.3. The molecule has 0 radical (unpaired) electrons. The molecule has 3 fully saturated rings. The molecule has 1 aromatic carbocycles. The number of amides is 5. The number of carboxylic acid groups (broad SMARTS) is 1. The number of likely N-dealkylation sites (tertiary alicyclic amines) is 1. The van der Waals surface area contributed by atoms with E-state index in [1.54, 1.807) is 37.3 Å². The fourth-order valence-corrected chi connectivity index (χ4v) is 5.66. The summed E-state index contributed by atoms with van der Waals surface area (Å²) in [6, 6.07) is 8.57. The predicted octanol–water partition coefficient (Wildman–Crippen LogP) is 0.785. The third kappa shape index (κ3) is 8.22. The van der Waals surface area contributed by atoms with Gasteiger partial charge in [-0.2, -0.15) is 5.10 Å². The number of aliphatic carboxylic acids is 1. The van der Waals surface area contributed by atoms with E-state index in [1.165, 1.54) is 25.4 Å². The van der Waals surface area contributed by atoms with Gasteiger partial charge in [0.2, 0.25) is 17.7 Å². The largest absolute Gasteiger partial charge is 0.481 e. The second kappa shape index (κ2) is 15.6. The van der Waals surface area contributed by atoms with E-state index in [9.17, 15) is 33.9 Å². The van der Waals surface area contributed by atoms with Crippen LogP contribution in [0.15, 0.2) is 36.4 Å². The lowest BCUT2D eigenvalue weighted by molar-refractivity contribution is -0.149. The Morgan fingerprint density at radius 2 is 1.69 bits per heavy atom. The van der Waals surface area contributed by atoms with Crippen molar-refractivity contribution < 1.29 is 43.3 Å². The summed E-state index contributed by atoms with van der Waals surface area (Å²) >= 11 is 0. The predicted molar refractivity (Wildman–Crippen MR) is 168 cm³/mol. The Labute approximate surface area is 277 Å². The van der Waals surface area contributed by atoms with E-state index in [0.29, 0.717) is 18.7 Å². The van der Waals surface area contributed by atoms with Crippen molar-refractivity contribution >= 4 is 35.7 Å². The van der Waals surface area contributed by atoms with Crippen molar-refractivity contribution in [3.8, 4) is 11.6 Å². The monoisotopic (exact) mass is 667 g/mol. The molecule has 2 aliphatic heterocycles. The second-order valence-corrected chi connectivity index (χ2v) is 11.9. The molecule has 1 aromatic heterocycles. The van der Waals surface area contributed by atoms with Crippen molar-refractivity contribution in [3.05, 3.63) is 42.1 Å². The smallest absolute Gasteiger partial charge is 0.409 e. The number of carbonyl (C=O) groups excluding carboxylic acids is 5. The van der Waals surface area contributed by atoms with E-state index in [-0.39, 0.29) is 75.1 Å². The molecule has 2 atom stereocenters. The summed E-state index contributed by atoms with van der Waals surface area (Å²) in [6.07, 6.45) is 2.52. The standard InChI is InChI=1S/C32H41N7O9/c1-2-47-32(46)37-17-15-36(16-18-37)31(45)23(11-12-28(41)42)34-29(43)24-19-27(39(35-24)22-9-4-3-5-10-22)48-20-26(40)38-14-13-25(38)30(44)33-21-7-6-8-21/h3-5,9-10,19,21,23,25H,2,6-8,11-18,20H2,1H3,(H,33,44)(H,34,43)(H,41,42). The maximum absolute atomic E-state index is 13.5. The van der Waals surface area contributed by atoms with Gasteiger partial charge in [0, 0.05) is 51.3 Å². The topological polar surface area (TPSA) is 193 Å². The minimum Gasteiger partial charge on any atom is -0.481 e. The summed E-state index contributed by atoms with van der Waals surface area (Å²) in [5, 5.41) is 19.3. The van der Waals surface area contributed by atoms with Crippen LogP contribution in [0, 0.1) is 0 Å². The quantitative estimate of drug-likeness (QED) is 0.275. The van der Waals surface area contributed by atoms with Crippen molar-refractivity contribution in [2.45, 2.75) is 63.6 Å². The number of carboxylic acids is 1. The zero-order valence-corrected chi connectivity index (χ0v) is 26.8. The number of hydrogen-bond donors (Lipinski definition) is 3. The zero-order valence-electron chi connectivity index (χ0n) is 26.8. The van der Waals surface area contributed by atoms with Gasteiger partial charge in [-0.05, 0) is 51.2 Å². The van der Waals surface area contributed by atoms with Gasteiger partial charge in [0.1, 0.15) is 12.1 Å². The average Bonchev–Trinajstić information content (AvgIpc) is 3.48. The molecule has 16 nitrogen and oxygen atoms in total. The third-order valence-corrected chi connectivity index (χ3v) is 8.72. The minimum absolute atomic E-state index is 0.0826. The summed E-state index contributed by atoms with van der Waals surface area (Å²) in [5.74, 6) is -2.83. The molecule has 2 saturated heterocycles. The highest BCUT2D eigenvalue weighted by Gasteiger charge is 2.39. The molecule has 1 saturated carbocycles. The molecule has 48 heavy (non-hydrogen) atoms. The Balaban J connectivity index is 1.26. The SMILES string of the molecule is CCOC(=O)N1CCN(C(=O)C(CCC(=O)O)NC(=O)c2cc(OCC(=O)N3CCC3C(=O)NC3CCC3)n(-c3ccccc3)n2)CC1. The molecule has 5 rings (SSSR count). The number of carbonyl (C=O) groups is 6. The number of benzene rings is 1. The number of para-hydroxylation sites is 1. The number of hydrogen-bond acceptors (Lipinski definition) is 9. The summed E-state index contributed by atoms with van der Waals surface area (Å²) in [4.78, 5) is 80.5. The van der Waals surface area contributed by atoms with Gasteiger partial charge in [-0.25, -0.2) is 9.48 Å². The van der Waals surface area contributed by atoms with Crippen molar-refractivity contribution in [2.24, 2.45) is 0 Å². The number of aromatic nitrogens is 2. The second-order valence-electron chi connectivity index (χ2n) is 11.9. The number of nitrogens with one attached hydrogen (secondary N) is 2. The molecule has 3 aliphatic rings. The maximum atomic E-state index is 13.5. The van der Waals surface area contributed by atoms with Crippen LogP contribution >= 0.6 is 0 Å². The molecular formula is C32H41N7O9. The molecule has 0 spiro atoms. The molecule has 0 bridgehead atoms. The van der Waals surface area contributed by atoms with Gasteiger partial charge in [0.15, 0.2) is 12.3 Å². The van der Waals surface area contributed by atoms with Crippen LogP contribution in [0.1, 0.15) is 55.9 Å². The van der Waals surface area contributed by atoms with E-state index in [0.717, 1.165) is 19.3 Å². The van der Waals surface area contributed by atoms with Gasteiger partial charge in [0.25, 0.3) is 11.8 Å². The van der Waals surface area contributed by atoms with Gasteiger partial charge >= 0.3 is 12.1 Å². The Hall–Kier alpha value is -5.15. The summed E-state index contributed by atoms with van der Waals surface area (Å²) < 4.78 is 12.2. The number of piperazine rings is 1. The highest BCUT2D eigenvalue weighted by molar-refractivity contribution is 5.96. The zero-order chi connectivity index (χ0) is 34.2. The van der Waals surface area contributed by atoms with Crippen LogP contribution in [0.25, 0.3) is 5.69 Å². The van der Waals surface area contributed by atoms with Gasteiger partial charge in [0.05, 0.1) is 12.3 Å². The number of nitrogens with zero attached hydrogens (tertiary/aromatic N) is 5. The summed E-state index contributed by atoms with van der Waals surface area (Å²) in [5.41, 5.74) is 0.418. The van der Waals surface area contributed by atoms with E-state index >= 15 is 0 Å². The van der Waals surface area contributed by atoms with E-state index < -0.39 is 42.6 Å². The fraction of sp³-hybridized carbons (Fsp3) is 0.531. The van der Waals surface area contributed by atoms with Crippen LogP contribution in [0.4, 0.5) is 4.79 Å². The average molecular weight is 668 g/mol. The van der Waals surface area contributed by atoms with Crippen LogP contribution in [0.3, 0.4) is 0 Å². The maximum Gasteiger partial charge on any atom is 0.409 e. The highest BCUT2D eigenvalue weighted by atomic mass is 16.6. The van der Waals surface area contributed by atoms with Crippen molar-refractivity contribution in [1.29, 1.82) is 0 Å². The first-order valence-electron chi connectivity index (χ1n) is 16.3. The Morgan fingerprint density at radius 1 is 0.979 bits per heavy atom. The van der Waals surface area contributed by atoms with Crippen LogP contribution in [-0.4, -0.2) is 129 Å². The third-order valence-electron chi connectivity index (χ3n) is 8.72. The van der Waals surface area contributed by atoms with Crippen molar-refractivity contribution in [3.63, 3.8) is 0 Å². The van der Waals surface area contributed by atoms with Gasteiger partial charge in [-0.1, -0.05) is 18.2 Å². The lowest BCUT2D eigenvalue weighted by Gasteiger charge is -2.41. The molecule has 1 aliphatic carbocycles. The molecule has 5 amide bonds. The lowest BCUT2D eigenvalue weighted by atomic mass is 9.92. The van der Waals surface area contributed by atoms with Gasteiger partial charge in [-0.3, -0.25) is 24.0 Å². The van der Waals surface area contributed by atoms with Gasteiger partial charge in [-0.15, -0.1) is 0 Å². The molecule has 2 unspecified atom stereocenters. The fourth-order valence-electron chi connectivity index (χ4n) is 5.66. The van der Waals surface area contributed by atoms with Crippen LogP contribution in [0.5, 0.6) is 5.88 Å². The molecular weight excluding hydrogens is 626 g/mol. The number of rotatable bonds is 13. The Kier molecular flexibility index (Phi) is 11.1. The Morgan fingerprint density at radius 3 is 2.29 bits per heavy atom. The van der Waals surface area contributed by atoms with Crippen LogP contribution in [0.2, 0.25) is 0 Å². The van der Waals surface area contributed by atoms with Crippen molar-refractivity contribution in [1.82, 2.24) is 35.1 Å². The summed E-state index contributed by atoms with van der Waals surface area (Å²) in [6.45, 7) is 2.79. The van der Waals surface area contributed by atoms with Crippen LogP contribution < -0.4 is 15.4 Å². The molecule has 258 valence electrons. The number of ether oxygens (including phenoxy) is 2. The van der Waals surface area contributed by atoms with E-state index in [4.69, 9.17) is 9.47 Å². The van der Waals surface area contributed by atoms with Gasteiger partial charge < -0.3 is 39.9 Å². The molecule has 16 heteroatoms. The minimum atomic E-state index is -1.18. The van der Waals surface area contributed by atoms with E-state index in [2.05, 4.69) is 15.7 Å². The Bertz CT molecular complexity index is 1500. The summed E-state index contributed by atoms with van der Waals surface area (Å²) in [7, 11) is 0. The van der Waals surface area contributed by atoms with Crippen molar-refractivity contribution in [2.75, 3.05) is 45.9 Å². The molecule has 3 N–H and O–H groups in total. The van der Waals surface area contributed by atoms with E-state index in [1.807, 2.05) is 0 Å². The normalized spacial score (nSPS) is 18.2. The molecule has 2 aromatic rings. The highest BCUT2D eigenvalue weighted by Crippen LogP contribution is 2.24. The van der Waals surface area contributed by atoms with Crippen LogP contribution in [-0.2, 0) is 23.9 Å². The lowest BCUT2D eigenvalue weighted by Crippen LogP contribution is -2.60. The first kappa shape index (κ1) is 34.2. The first-order chi connectivity index (χ1) is 23.1.